The molecule has 0 spiro atoms. The van der Waals surface area contributed by atoms with Gasteiger partial charge in [0.25, 0.3) is 5.91 Å². The number of amides is 1. The van der Waals surface area contributed by atoms with Crippen molar-refractivity contribution >= 4 is 5.91 Å². The Morgan fingerprint density at radius 1 is 1.33 bits per heavy atom. The molecular weight excluding hydrogens is 306 g/mol. The van der Waals surface area contributed by atoms with Crippen LogP contribution in [0.3, 0.4) is 0 Å². The maximum atomic E-state index is 12.5. The molecule has 1 saturated heterocycles. The number of hydrogen-bond donors (Lipinski definition) is 1. The third-order valence-corrected chi connectivity index (χ3v) is 3.95. The van der Waals surface area contributed by atoms with Crippen LogP contribution in [0.1, 0.15) is 26.3 Å². The number of para-hydroxylation sites is 1. The number of benzene rings is 1. The van der Waals surface area contributed by atoms with Crippen molar-refractivity contribution in [3.05, 3.63) is 29.8 Å². The molecule has 1 fully saturated rings. The second-order valence-electron chi connectivity index (χ2n) is 6.78. The van der Waals surface area contributed by atoms with Gasteiger partial charge in [-0.25, -0.2) is 0 Å². The van der Waals surface area contributed by atoms with Crippen molar-refractivity contribution in [3.63, 3.8) is 0 Å². The van der Waals surface area contributed by atoms with Crippen molar-refractivity contribution in [1.29, 1.82) is 5.26 Å². The Labute approximate surface area is 143 Å². The van der Waals surface area contributed by atoms with Gasteiger partial charge in [-0.3, -0.25) is 9.69 Å². The van der Waals surface area contributed by atoms with Gasteiger partial charge in [0.2, 0.25) is 0 Å². The number of piperazine rings is 1. The van der Waals surface area contributed by atoms with Gasteiger partial charge in [0.05, 0.1) is 11.2 Å². The van der Waals surface area contributed by atoms with E-state index >= 15 is 0 Å². The van der Waals surface area contributed by atoms with Crippen LogP contribution < -0.4 is 4.74 Å². The number of aliphatic hydroxyl groups is 1. The van der Waals surface area contributed by atoms with E-state index in [1.165, 1.54) is 0 Å². The van der Waals surface area contributed by atoms with E-state index in [0.29, 0.717) is 30.9 Å². The molecule has 0 radical (unpaired) electrons. The number of carbonyl (C=O) groups is 1. The SMILES string of the molecule is C[C@H](Oc1ccccc1C#N)C(=O)N1CCN(CC(C)(C)O)CC1. The van der Waals surface area contributed by atoms with E-state index in [1.54, 1.807) is 49.9 Å². The van der Waals surface area contributed by atoms with Crippen LogP contribution in [0.2, 0.25) is 0 Å². The highest BCUT2D eigenvalue weighted by atomic mass is 16.5. The molecule has 24 heavy (non-hydrogen) atoms. The summed E-state index contributed by atoms with van der Waals surface area (Å²) < 4.78 is 5.69. The van der Waals surface area contributed by atoms with Gasteiger partial charge in [-0.05, 0) is 32.9 Å². The molecule has 1 heterocycles. The van der Waals surface area contributed by atoms with Gasteiger partial charge >= 0.3 is 0 Å². The Morgan fingerprint density at radius 3 is 2.54 bits per heavy atom. The van der Waals surface area contributed by atoms with Crippen molar-refractivity contribution < 1.29 is 14.6 Å². The number of nitrogens with zero attached hydrogens (tertiary/aromatic N) is 3. The normalized spacial score (nSPS) is 17.2. The van der Waals surface area contributed by atoms with Gasteiger partial charge in [0.15, 0.2) is 6.10 Å². The molecule has 0 aliphatic carbocycles. The molecule has 1 aromatic carbocycles. The molecular formula is C18H25N3O3. The highest BCUT2D eigenvalue weighted by molar-refractivity contribution is 5.81. The van der Waals surface area contributed by atoms with Gasteiger partial charge in [0, 0.05) is 32.7 Å². The standard InChI is InChI=1S/C18H25N3O3/c1-14(24-16-7-5-4-6-15(16)12-19)17(22)21-10-8-20(9-11-21)13-18(2,3)23/h4-7,14,23H,8-11,13H2,1-3H3/t14-/m0/s1. The Morgan fingerprint density at radius 2 is 1.96 bits per heavy atom. The summed E-state index contributed by atoms with van der Waals surface area (Å²) in [6, 6.07) is 8.98. The minimum absolute atomic E-state index is 0.0781. The summed E-state index contributed by atoms with van der Waals surface area (Å²) in [5, 5.41) is 19.0. The quantitative estimate of drug-likeness (QED) is 0.878. The Balaban J connectivity index is 1.90. The van der Waals surface area contributed by atoms with E-state index in [-0.39, 0.29) is 5.91 Å². The summed E-state index contributed by atoms with van der Waals surface area (Å²) in [6.07, 6.45) is -0.639. The molecule has 1 atom stereocenters. The van der Waals surface area contributed by atoms with Crippen LogP contribution in [0, 0.1) is 11.3 Å². The maximum absolute atomic E-state index is 12.5. The first-order valence-electron chi connectivity index (χ1n) is 8.19. The van der Waals surface area contributed by atoms with Crippen LogP contribution in [0.4, 0.5) is 0 Å². The van der Waals surface area contributed by atoms with Crippen molar-refractivity contribution in [2.45, 2.75) is 32.5 Å². The van der Waals surface area contributed by atoms with Crippen molar-refractivity contribution in [2.75, 3.05) is 32.7 Å². The number of ether oxygens (including phenoxy) is 1. The lowest BCUT2D eigenvalue weighted by Crippen LogP contribution is -2.54. The molecule has 0 saturated carbocycles. The van der Waals surface area contributed by atoms with Gasteiger partial charge in [-0.2, -0.15) is 5.26 Å². The molecule has 0 bridgehead atoms. The van der Waals surface area contributed by atoms with E-state index in [0.717, 1.165) is 13.1 Å². The fourth-order valence-electron chi connectivity index (χ4n) is 2.83. The van der Waals surface area contributed by atoms with Gasteiger partial charge in [0.1, 0.15) is 11.8 Å². The molecule has 6 nitrogen and oxygen atoms in total. The molecule has 1 aliphatic heterocycles. The molecule has 130 valence electrons. The topological polar surface area (TPSA) is 76.8 Å². The van der Waals surface area contributed by atoms with Crippen LogP contribution >= 0.6 is 0 Å². The summed E-state index contributed by atoms with van der Waals surface area (Å²) in [4.78, 5) is 16.5. The summed E-state index contributed by atoms with van der Waals surface area (Å²) >= 11 is 0. The zero-order valence-corrected chi connectivity index (χ0v) is 14.5. The lowest BCUT2D eigenvalue weighted by Gasteiger charge is -2.38. The molecule has 1 aromatic rings. The minimum atomic E-state index is -0.733. The molecule has 2 rings (SSSR count). The molecule has 0 unspecified atom stereocenters. The number of carbonyl (C=O) groups excluding carboxylic acids is 1. The average molecular weight is 331 g/mol. The monoisotopic (exact) mass is 331 g/mol. The largest absolute Gasteiger partial charge is 0.480 e. The first kappa shape index (κ1) is 18.2. The second kappa shape index (κ2) is 7.65. The van der Waals surface area contributed by atoms with Crippen LogP contribution in [0.5, 0.6) is 5.75 Å². The maximum Gasteiger partial charge on any atom is 0.263 e. The molecule has 1 aliphatic rings. The third-order valence-electron chi connectivity index (χ3n) is 3.95. The van der Waals surface area contributed by atoms with Crippen molar-refractivity contribution in [3.8, 4) is 11.8 Å². The lowest BCUT2D eigenvalue weighted by atomic mass is 10.1. The van der Waals surface area contributed by atoms with Crippen LogP contribution in [0.25, 0.3) is 0 Å². The van der Waals surface area contributed by atoms with E-state index in [1.807, 2.05) is 0 Å². The Bertz CT molecular complexity index is 611. The van der Waals surface area contributed by atoms with E-state index < -0.39 is 11.7 Å². The third kappa shape index (κ3) is 4.95. The predicted octanol–water partition coefficient (Wildman–Crippen LogP) is 1.24. The Kier molecular flexibility index (Phi) is 5.81. The van der Waals surface area contributed by atoms with Gasteiger partial charge in [-0.1, -0.05) is 12.1 Å². The van der Waals surface area contributed by atoms with Gasteiger partial charge in [-0.15, -0.1) is 0 Å². The fraction of sp³-hybridized carbons (Fsp3) is 0.556. The molecule has 1 amide bonds. The number of nitriles is 1. The molecule has 1 N–H and O–H groups in total. The predicted molar refractivity (Wildman–Crippen MR) is 90.6 cm³/mol. The summed E-state index contributed by atoms with van der Waals surface area (Å²) in [5.41, 5.74) is -0.309. The zero-order valence-electron chi connectivity index (χ0n) is 14.5. The number of hydrogen-bond acceptors (Lipinski definition) is 5. The summed E-state index contributed by atoms with van der Waals surface area (Å²) in [6.45, 7) is 8.57. The van der Waals surface area contributed by atoms with Gasteiger partial charge < -0.3 is 14.7 Å². The first-order valence-corrected chi connectivity index (χ1v) is 8.19. The smallest absolute Gasteiger partial charge is 0.263 e. The van der Waals surface area contributed by atoms with Crippen LogP contribution in [-0.4, -0.2) is 65.2 Å². The van der Waals surface area contributed by atoms with Crippen molar-refractivity contribution in [1.82, 2.24) is 9.80 Å². The zero-order chi connectivity index (χ0) is 17.7. The van der Waals surface area contributed by atoms with E-state index in [4.69, 9.17) is 10.00 Å². The van der Waals surface area contributed by atoms with E-state index in [9.17, 15) is 9.90 Å². The number of β-amino-alcohol motifs (C(OH)–C–C–N with tert-alkyl or cyclic N) is 1. The van der Waals surface area contributed by atoms with Crippen LogP contribution in [-0.2, 0) is 4.79 Å². The first-order chi connectivity index (χ1) is 11.3. The fourth-order valence-corrected chi connectivity index (χ4v) is 2.83. The lowest BCUT2D eigenvalue weighted by molar-refractivity contribution is -0.140. The Hall–Kier alpha value is -2.10. The summed E-state index contributed by atoms with van der Waals surface area (Å²) in [7, 11) is 0. The average Bonchev–Trinajstić information content (AvgIpc) is 2.54. The second-order valence-corrected chi connectivity index (χ2v) is 6.78. The number of rotatable bonds is 5. The van der Waals surface area contributed by atoms with Crippen LogP contribution in [0.15, 0.2) is 24.3 Å². The van der Waals surface area contributed by atoms with Crippen molar-refractivity contribution in [2.24, 2.45) is 0 Å². The highest BCUT2D eigenvalue weighted by Gasteiger charge is 2.28. The summed E-state index contributed by atoms with van der Waals surface area (Å²) in [5.74, 6) is 0.354. The highest BCUT2D eigenvalue weighted by Crippen LogP contribution is 2.19. The minimum Gasteiger partial charge on any atom is -0.480 e. The molecule has 6 heteroatoms. The van der Waals surface area contributed by atoms with E-state index in [2.05, 4.69) is 11.0 Å². The molecule has 0 aromatic heterocycles.